The largest absolute Gasteiger partial charge is 0.273 e. The van der Waals surface area contributed by atoms with Crippen molar-refractivity contribution in [3.63, 3.8) is 0 Å². The van der Waals surface area contributed by atoms with Crippen LogP contribution in [0.3, 0.4) is 0 Å². The lowest BCUT2D eigenvalue weighted by Gasteiger charge is -2.39. The molecule has 0 bridgehead atoms. The smallest absolute Gasteiger partial charge is 0.244 e. The Labute approximate surface area is 127 Å². The van der Waals surface area contributed by atoms with Gasteiger partial charge in [0.2, 0.25) is 15.9 Å². The maximum atomic E-state index is 12.7. The molecule has 0 spiro atoms. The minimum atomic E-state index is -3.63. The molecule has 1 aliphatic heterocycles. The zero-order chi connectivity index (χ0) is 15.7. The van der Waals surface area contributed by atoms with Gasteiger partial charge in [0.1, 0.15) is 5.25 Å². The van der Waals surface area contributed by atoms with Crippen molar-refractivity contribution in [3.05, 3.63) is 36.5 Å². The van der Waals surface area contributed by atoms with Gasteiger partial charge in [-0.2, -0.15) is 0 Å². The van der Waals surface area contributed by atoms with Crippen LogP contribution in [0.1, 0.15) is 39.5 Å². The van der Waals surface area contributed by atoms with Crippen LogP contribution in [0.4, 0.5) is 0 Å². The summed E-state index contributed by atoms with van der Waals surface area (Å²) in [7, 11) is -3.63. The van der Waals surface area contributed by atoms with E-state index in [1.807, 2.05) is 26.0 Å². The zero-order valence-electron chi connectivity index (χ0n) is 12.7. The Bertz CT molecular complexity index is 603. The van der Waals surface area contributed by atoms with Crippen molar-refractivity contribution in [1.29, 1.82) is 0 Å². The minimum absolute atomic E-state index is 0.284. The molecular weight excluding hydrogens is 286 g/mol. The van der Waals surface area contributed by atoms with E-state index in [4.69, 9.17) is 0 Å². The third-order valence-electron chi connectivity index (χ3n) is 4.36. The second-order valence-corrected chi connectivity index (χ2v) is 8.24. The summed E-state index contributed by atoms with van der Waals surface area (Å²) in [6, 6.07) is 0. The molecule has 1 heterocycles. The Balaban J connectivity index is 2.26. The van der Waals surface area contributed by atoms with Crippen LogP contribution in [-0.4, -0.2) is 30.4 Å². The highest BCUT2D eigenvalue weighted by Crippen LogP contribution is 2.37. The number of carbonyl (C=O) groups is 1. The fourth-order valence-corrected chi connectivity index (χ4v) is 4.74. The van der Waals surface area contributed by atoms with Gasteiger partial charge in [-0.25, -0.2) is 12.7 Å². The van der Waals surface area contributed by atoms with Gasteiger partial charge in [-0.05, 0) is 32.6 Å². The van der Waals surface area contributed by atoms with E-state index in [9.17, 15) is 13.2 Å². The molecule has 0 aromatic heterocycles. The molecule has 1 amide bonds. The number of piperidine rings is 1. The normalized spacial score (nSPS) is 30.2. The molecule has 0 aromatic rings. The van der Waals surface area contributed by atoms with Crippen LogP contribution in [0, 0.1) is 5.41 Å². The van der Waals surface area contributed by atoms with E-state index in [1.54, 1.807) is 12.2 Å². The summed E-state index contributed by atoms with van der Waals surface area (Å²) in [6.07, 6.45) is 9.47. The van der Waals surface area contributed by atoms with Gasteiger partial charge in [-0.3, -0.25) is 4.79 Å². The Kier molecular flexibility index (Phi) is 4.42. The summed E-state index contributed by atoms with van der Waals surface area (Å²) in [6.45, 7) is 7.74. The van der Waals surface area contributed by atoms with E-state index in [-0.39, 0.29) is 5.91 Å². The minimum Gasteiger partial charge on any atom is -0.273 e. The summed E-state index contributed by atoms with van der Waals surface area (Å²) in [4.78, 5) is 12.7. The van der Waals surface area contributed by atoms with Crippen molar-refractivity contribution >= 4 is 15.9 Å². The lowest BCUT2D eigenvalue weighted by molar-refractivity contribution is -0.139. The second-order valence-electron chi connectivity index (χ2n) is 6.16. The fourth-order valence-electron chi connectivity index (χ4n) is 2.97. The maximum absolute atomic E-state index is 12.7. The Morgan fingerprint density at radius 3 is 2.81 bits per heavy atom. The first-order valence-corrected chi connectivity index (χ1v) is 8.83. The number of rotatable bonds is 4. The molecule has 0 N–H and O–H groups in total. The number of allylic oxidation sites excluding steroid dienone is 4. The molecule has 2 atom stereocenters. The van der Waals surface area contributed by atoms with Gasteiger partial charge >= 0.3 is 0 Å². The monoisotopic (exact) mass is 309 g/mol. The summed E-state index contributed by atoms with van der Waals surface area (Å²) in [5.41, 5.74) is 0.417. The SMILES string of the molecule is C=CC[C@]1(C)CCCN(S(=O)(=O)C2C=CC(C)=CC2)C1=O. The quantitative estimate of drug-likeness (QED) is 0.750. The predicted molar refractivity (Wildman–Crippen MR) is 84.1 cm³/mol. The first-order valence-electron chi connectivity index (χ1n) is 7.33. The highest BCUT2D eigenvalue weighted by molar-refractivity contribution is 7.90. The number of sulfonamides is 1. The summed E-state index contributed by atoms with van der Waals surface area (Å²) < 4.78 is 26.6. The highest BCUT2D eigenvalue weighted by atomic mass is 32.2. The first-order chi connectivity index (χ1) is 9.81. The topological polar surface area (TPSA) is 54.5 Å². The van der Waals surface area contributed by atoms with Crippen LogP contribution in [0.2, 0.25) is 0 Å². The van der Waals surface area contributed by atoms with Crippen molar-refractivity contribution < 1.29 is 13.2 Å². The van der Waals surface area contributed by atoms with E-state index in [0.717, 1.165) is 9.88 Å². The van der Waals surface area contributed by atoms with Crippen LogP contribution in [0.15, 0.2) is 36.5 Å². The molecule has 2 rings (SSSR count). The third-order valence-corrected chi connectivity index (χ3v) is 6.44. The van der Waals surface area contributed by atoms with Gasteiger partial charge in [-0.1, -0.05) is 36.8 Å². The predicted octanol–water partition coefficient (Wildman–Crippen LogP) is 2.80. The lowest BCUT2D eigenvalue weighted by Crippen LogP contribution is -2.52. The third kappa shape index (κ3) is 2.98. The molecule has 116 valence electrons. The van der Waals surface area contributed by atoms with Gasteiger partial charge in [0.05, 0.1) is 5.41 Å². The van der Waals surface area contributed by atoms with E-state index in [0.29, 0.717) is 32.2 Å². The fraction of sp³-hybridized carbons (Fsp3) is 0.562. The summed E-state index contributed by atoms with van der Waals surface area (Å²) in [5, 5.41) is -0.628. The molecule has 1 saturated heterocycles. The molecule has 0 aromatic carbocycles. The van der Waals surface area contributed by atoms with Gasteiger partial charge < -0.3 is 0 Å². The molecule has 1 fully saturated rings. The summed E-state index contributed by atoms with van der Waals surface area (Å²) >= 11 is 0. The van der Waals surface area contributed by atoms with Crippen molar-refractivity contribution in [3.8, 4) is 0 Å². The van der Waals surface area contributed by atoms with Gasteiger partial charge in [-0.15, -0.1) is 6.58 Å². The van der Waals surface area contributed by atoms with Crippen LogP contribution in [0.5, 0.6) is 0 Å². The number of hydrogen-bond acceptors (Lipinski definition) is 3. The molecule has 0 radical (unpaired) electrons. The van der Waals surface area contributed by atoms with Crippen LogP contribution >= 0.6 is 0 Å². The highest BCUT2D eigenvalue weighted by Gasteiger charge is 2.45. The maximum Gasteiger partial charge on any atom is 0.244 e. The zero-order valence-corrected chi connectivity index (χ0v) is 13.5. The molecule has 4 nitrogen and oxygen atoms in total. The molecule has 0 saturated carbocycles. The molecule has 21 heavy (non-hydrogen) atoms. The standard InChI is InChI=1S/C16H23NO3S/c1-4-10-16(3)11-5-12-17(15(16)18)21(19,20)14-8-6-13(2)7-9-14/h4,6-8,14H,1,5,9-12H2,2-3H3/t14?,16-/m1/s1. The first kappa shape index (κ1) is 16.0. The van der Waals surface area contributed by atoms with Crippen molar-refractivity contribution in [1.82, 2.24) is 4.31 Å². The Morgan fingerprint density at radius 1 is 1.52 bits per heavy atom. The number of carbonyl (C=O) groups excluding carboxylic acids is 1. The Morgan fingerprint density at radius 2 is 2.24 bits per heavy atom. The average molecular weight is 309 g/mol. The van der Waals surface area contributed by atoms with E-state index >= 15 is 0 Å². The van der Waals surface area contributed by atoms with Crippen molar-refractivity contribution in [2.24, 2.45) is 5.41 Å². The van der Waals surface area contributed by atoms with Gasteiger partial charge in [0, 0.05) is 6.54 Å². The van der Waals surface area contributed by atoms with Crippen LogP contribution in [-0.2, 0) is 14.8 Å². The summed E-state index contributed by atoms with van der Waals surface area (Å²) in [5.74, 6) is -0.284. The average Bonchev–Trinajstić information content (AvgIpc) is 2.42. The number of amides is 1. The van der Waals surface area contributed by atoms with Crippen LogP contribution < -0.4 is 0 Å². The van der Waals surface area contributed by atoms with Crippen molar-refractivity contribution in [2.45, 2.75) is 44.8 Å². The molecule has 1 aliphatic carbocycles. The van der Waals surface area contributed by atoms with Crippen molar-refractivity contribution in [2.75, 3.05) is 6.54 Å². The molecule has 5 heteroatoms. The van der Waals surface area contributed by atoms with E-state index in [1.165, 1.54) is 0 Å². The van der Waals surface area contributed by atoms with E-state index in [2.05, 4.69) is 6.58 Å². The second kappa shape index (κ2) is 5.79. The van der Waals surface area contributed by atoms with Gasteiger partial charge in [0.15, 0.2) is 0 Å². The number of nitrogens with zero attached hydrogens (tertiary/aromatic N) is 1. The van der Waals surface area contributed by atoms with E-state index < -0.39 is 20.7 Å². The molecule has 2 aliphatic rings. The molecule has 1 unspecified atom stereocenters. The Hall–Kier alpha value is -1.36. The van der Waals surface area contributed by atoms with Crippen LogP contribution in [0.25, 0.3) is 0 Å². The molecular formula is C16H23NO3S. The number of hydrogen-bond donors (Lipinski definition) is 0. The lowest BCUT2D eigenvalue weighted by atomic mass is 9.79. The van der Waals surface area contributed by atoms with Gasteiger partial charge in [0.25, 0.3) is 0 Å².